The van der Waals surface area contributed by atoms with E-state index in [-0.39, 0.29) is 17.9 Å². The molecule has 0 aliphatic rings. The summed E-state index contributed by atoms with van der Waals surface area (Å²) in [5, 5.41) is 28.8. The molecule has 0 bridgehead atoms. The highest BCUT2D eigenvalue weighted by molar-refractivity contribution is 5.91. The molecule has 0 aliphatic heterocycles. The number of nitrogens with one attached hydrogen (secondary N) is 1. The number of benzene rings is 1. The second-order valence-electron chi connectivity index (χ2n) is 2.55. The van der Waals surface area contributed by atoms with Crippen LogP contribution in [0.15, 0.2) is 18.2 Å². The molecule has 0 spiro atoms. The van der Waals surface area contributed by atoms with Gasteiger partial charge in [0, 0.05) is 5.69 Å². The van der Waals surface area contributed by atoms with Gasteiger partial charge in [0.15, 0.2) is 0 Å². The lowest BCUT2D eigenvalue weighted by atomic mass is 10.2. The first-order valence-electron chi connectivity index (χ1n) is 3.82. The number of hydrogen-bond donors (Lipinski definition) is 3. The fourth-order valence-corrected chi connectivity index (χ4v) is 0.959. The second kappa shape index (κ2) is 4.14. The van der Waals surface area contributed by atoms with E-state index >= 15 is 0 Å². The first kappa shape index (κ1) is 9.86. The standard InChI is InChI=1S/C9H8N2O3/c10-3-4-11-6-1-2-8(12)7(5-6)9(13)14/h1-2,5,11-12H,4H2,(H,13,14). The molecule has 14 heavy (non-hydrogen) atoms. The Balaban J connectivity index is 2.96. The topological polar surface area (TPSA) is 93.4 Å². The molecule has 3 N–H and O–H groups in total. The molecule has 0 amide bonds. The average molecular weight is 192 g/mol. The molecule has 0 aliphatic carbocycles. The Morgan fingerprint density at radius 1 is 1.57 bits per heavy atom. The molecule has 0 unspecified atom stereocenters. The summed E-state index contributed by atoms with van der Waals surface area (Å²) in [6.07, 6.45) is 0. The minimum Gasteiger partial charge on any atom is -0.507 e. The Bertz CT molecular complexity index is 396. The van der Waals surface area contributed by atoms with Gasteiger partial charge in [-0.1, -0.05) is 0 Å². The maximum Gasteiger partial charge on any atom is 0.339 e. The highest BCUT2D eigenvalue weighted by Crippen LogP contribution is 2.20. The van der Waals surface area contributed by atoms with Gasteiger partial charge in [0.2, 0.25) is 0 Å². The highest BCUT2D eigenvalue weighted by atomic mass is 16.4. The summed E-state index contributed by atoms with van der Waals surface area (Å²) in [4.78, 5) is 10.6. The first-order chi connectivity index (χ1) is 6.65. The number of carboxylic acids is 1. The summed E-state index contributed by atoms with van der Waals surface area (Å²) in [5.74, 6) is -1.50. The maximum absolute atomic E-state index is 10.6. The van der Waals surface area contributed by atoms with E-state index in [1.165, 1.54) is 18.2 Å². The molecular formula is C9H8N2O3. The second-order valence-corrected chi connectivity index (χ2v) is 2.55. The van der Waals surface area contributed by atoms with Crippen LogP contribution in [0.4, 0.5) is 5.69 Å². The largest absolute Gasteiger partial charge is 0.507 e. The van der Waals surface area contributed by atoms with Gasteiger partial charge in [0.05, 0.1) is 6.07 Å². The summed E-state index contributed by atoms with van der Waals surface area (Å²) in [5.41, 5.74) is 0.301. The van der Waals surface area contributed by atoms with Crippen molar-refractivity contribution < 1.29 is 15.0 Å². The molecule has 0 aromatic heterocycles. The smallest absolute Gasteiger partial charge is 0.339 e. The van der Waals surface area contributed by atoms with Crippen LogP contribution in [0.1, 0.15) is 10.4 Å². The Hall–Kier alpha value is -2.22. The normalized spacial score (nSPS) is 9.07. The van der Waals surface area contributed by atoms with Crippen molar-refractivity contribution in [1.29, 1.82) is 5.26 Å². The van der Waals surface area contributed by atoms with Gasteiger partial charge in [-0.25, -0.2) is 4.79 Å². The van der Waals surface area contributed by atoms with Crippen molar-refractivity contribution in [3.05, 3.63) is 23.8 Å². The minimum atomic E-state index is -1.21. The molecule has 1 rings (SSSR count). The number of phenols is 1. The van der Waals surface area contributed by atoms with Gasteiger partial charge in [-0.2, -0.15) is 5.26 Å². The molecule has 5 nitrogen and oxygen atoms in total. The minimum absolute atomic E-state index is 0.0871. The molecule has 1 aromatic carbocycles. The summed E-state index contributed by atoms with van der Waals surface area (Å²) in [7, 11) is 0. The van der Waals surface area contributed by atoms with Crippen LogP contribution in [0.3, 0.4) is 0 Å². The van der Waals surface area contributed by atoms with Gasteiger partial charge in [0.25, 0.3) is 0 Å². The fourth-order valence-electron chi connectivity index (χ4n) is 0.959. The molecule has 0 radical (unpaired) electrons. The molecular weight excluding hydrogens is 184 g/mol. The third-order valence-electron chi connectivity index (χ3n) is 1.60. The predicted octanol–water partition coefficient (Wildman–Crippen LogP) is 1.03. The van der Waals surface area contributed by atoms with Gasteiger partial charge < -0.3 is 15.5 Å². The first-order valence-corrected chi connectivity index (χ1v) is 3.82. The lowest BCUT2D eigenvalue weighted by molar-refractivity contribution is 0.0694. The van der Waals surface area contributed by atoms with Crippen molar-refractivity contribution in [2.75, 3.05) is 11.9 Å². The number of anilines is 1. The number of carbonyl (C=O) groups is 1. The van der Waals surface area contributed by atoms with E-state index in [1.54, 1.807) is 0 Å². The van der Waals surface area contributed by atoms with Crippen LogP contribution in [-0.4, -0.2) is 22.7 Å². The van der Waals surface area contributed by atoms with E-state index in [2.05, 4.69) is 5.32 Å². The van der Waals surface area contributed by atoms with Crippen LogP contribution in [0.25, 0.3) is 0 Å². The SMILES string of the molecule is N#CCNc1ccc(O)c(C(=O)O)c1. The van der Waals surface area contributed by atoms with E-state index in [1.807, 2.05) is 6.07 Å². The van der Waals surface area contributed by atoms with Gasteiger partial charge in [-0.15, -0.1) is 0 Å². The Kier molecular flexibility index (Phi) is 2.92. The van der Waals surface area contributed by atoms with Crippen molar-refractivity contribution in [1.82, 2.24) is 0 Å². The van der Waals surface area contributed by atoms with E-state index in [4.69, 9.17) is 15.5 Å². The maximum atomic E-state index is 10.6. The summed E-state index contributed by atoms with van der Waals surface area (Å²) in [6, 6.07) is 5.90. The van der Waals surface area contributed by atoms with Crippen LogP contribution in [-0.2, 0) is 0 Å². The molecule has 0 saturated heterocycles. The van der Waals surface area contributed by atoms with Crippen LogP contribution in [0.5, 0.6) is 5.75 Å². The Morgan fingerprint density at radius 2 is 2.29 bits per heavy atom. The third-order valence-corrected chi connectivity index (χ3v) is 1.60. The lowest BCUT2D eigenvalue weighted by Crippen LogP contribution is -2.01. The monoisotopic (exact) mass is 192 g/mol. The molecule has 5 heteroatoms. The zero-order chi connectivity index (χ0) is 10.6. The molecule has 0 saturated carbocycles. The molecule has 0 fully saturated rings. The summed E-state index contributed by atoms with van der Waals surface area (Å²) in [6.45, 7) is 0.0871. The van der Waals surface area contributed by atoms with Crippen LogP contribution in [0.2, 0.25) is 0 Å². The number of rotatable bonds is 3. The Morgan fingerprint density at radius 3 is 2.86 bits per heavy atom. The number of carboxylic acid groups (broad SMARTS) is 1. The third kappa shape index (κ3) is 2.14. The van der Waals surface area contributed by atoms with Crippen molar-refractivity contribution in [2.45, 2.75) is 0 Å². The molecule has 1 aromatic rings. The van der Waals surface area contributed by atoms with E-state index in [0.717, 1.165) is 0 Å². The van der Waals surface area contributed by atoms with Crippen LogP contribution in [0, 0.1) is 11.3 Å². The van der Waals surface area contributed by atoms with E-state index in [9.17, 15) is 4.79 Å². The van der Waals surface area contributed by atoms with Crippen LogP contribution < -0.4 is 5.32 Å². The van der Waals surface area contributed by atoms with E-state index in [0.29, 0.717) is 5.69 Å². The number of nitriles is 1. The predicted molar refractivity (Wildman–Crippen MR) is 49.2 cm³/mol. The quantitative estimate of drug-likeness (QED) is 0.491. The van der Waals surface area contributed by atoms with Crippen LogP contribution >= 0.6 is 0 Å². The summed E-state index contributed by atoms with van der Waals surface area (Å²) < 4.78 is 0. The average Bonchev–Trinajstić information content (AvgIpc) is 2.16. The number of aromatic carboxylic acids is 1. The van der Waals surface area contributed by atoms with Crippen molar-refractivity contribution in [3.8, 4) is 11.8 Å². The lowest BCUT2D eigenvalue weighted by Gasteiger charge is -2.04. The molecule has 0 heterocycles. The van der Waals surface area contributed by atoms with Gasteiger partial charge in [-0.3, -0.25) is 0 Å². The zero-order valence-electron chi connectivity index (χ0n) is 7.19. The van der Waals surface area contributed by atoms with Gasteiger partial charge in [-0.05, 0) is 18.2 Å². The van der Waals surface area contributed by atoms with Gasteiger partial charge >= 0.3 is 5.97 Å². The molecule has 72 valence electrons. The van der Waals surface area contributed by atoms with E-state index < -0.39 is 5.97 Å². The number of aromatic hydroxyl groups is 1. The number of hydrogen-bond acceptors (Lipinski definition) is 4. The van der Waals surface area contributed by atoms with Crippen molar-refractivity contribution in [2.24, 2.45) is 0 Å². The molecule has 0 atom stereocenters. The fraction of sp³-hybridized carbons (Fsp3) is 0.111. The zero-order valence-corrected chi connectivity index (χ0v) is 7.19. The van der Waals surface area contributed by atoms with Gasteiger partial charge in [0.1, 0.15) is 17.9 Å². The Labute approximate surface area is 80.2 Å². The van der Waals surface area contributed by atoms with Crippen molar-refractivity contribution >= 4 is 11.7 Å². The highest BCUT2D eigenvalue weighted by Gasteiger charge is 2.09. The summed E-state index contributed by atoms with van der Waals surface area (Å²) >= 11 is 0. The number of nitrogens with zero attached hydrogens (tertiary/aromatic N) is 1. The van der Waals surface area contributed by atoms with Crippen molar-refractivity contribution in [3.63, 3.8) is 0 Å².